The minimum absolute atomic E-state index is 0.424. The van der Waals surface area contributed by atoms with Crippen LogP contribution in [-0.2, 0) is 0 Å². The summed E-state index contributed by atoms with van der Waals surface area (Å²) in [5, 5.41) is 3.27. The number of hydrogen-bond donors (Lipinski definition) is 1. The van der Waals surface area contributed by atoms with Gasteiger partial charge in [-0.2, -0.15) is 0 Å². The van der Waals surface area contributed by atoms with Crippen molar-refractivity contribution in [2.24, 2.45) is 0 Å². The average Bonchev–Trinajstić information content (AvgIpc) is 1.90. The zero-order chi connectivity index (χ0) is 7.82. The van der Waals surface area contributed by atoms with Gasteiger partial charge in [0.1, 0.15) is 0 Å². The largest absolute Gasteiger partial charge is 0.313 e. The van der Waals surface area contributed by atoms with Gasteiger partial charge in [0.15, 0.2) is 0 Å². The van der Waals surface area contributed by atoms with Crippen LogP contribution in [0.5, 0.6) is 0 Å². The van der Waals surface area contributed by atoms with Gasteiger partial charge in [0.2, 0.25) is 0 Å². The molecule has 1 N–H and O–H groups in total. The molecule has 0 aliphatic rings. The SMILES string of the molecule is C#CCC(CC=C)NCC. The molecule has 1 nitrogen and oxygen atoms in total. The number of terminal acetylenes is 1. The lowest BCUT2D eigenvalue weighted by molar-refractivity contribution is 0.544. The Morgan fingerprint density at radius 1 is 1.80 bits per heavy atom. The molecule has 0 spiro atoms. The summed E-state index contributed by atoms with van der Waals surface area (Å²) >= 11 is 0. The second-order valence-electron chi connectivity index (χ2n) is 2.19. The molecule has 0 saturated heterocycles. The van der Waals surface area contributed by atoms with Crippen LogP contribution in [0, 0.1) is 12.3 Å². The Kier molecular flexibility index (Phi) is 5.91. The topological polar surface area (TPSA) is 12.0 Å². The first kappa shape index (κ1) is 9.26. The van der Waals surface area contributed by atoms with Crippen molar-refractivity contribution in [3.63, 3.8) is 0 Å². The molecule has 1 heteroatoms. The summed E-state index contributed by atoms with van der Waals surface area (Å²) in [5.41, 5.74) is 0. The van der Waals surface area contributed by atoms with Crippen LogP contribution < -0.4 is 5.32 Å². The van der Waals surface area contributed by atoms with E-state index in [4.69, 9.17) is 6.42 Å². The van der Waals surface area contributed by atoms with E-state index in [0.717, 1.165) is 19.4 Å². The van der Waals surface area contributed by atoms with E-state index in [-0.39, 0.29) is 0 Å². The van der Waals surface area contributed by atoms with Gasteiger partial charge in [-0.3, -0.25) is 0 Å². The summed E-state index contributed by atoms with van der Waals surface area (Å²) in [6, 6.07) is 0.424. The van der Waals surface area contributed by atoms with Crippen LogP contribution in [0.4, 0.5) is 0 Å². The van der Waals surface area contributed by atoms with E-state index in [9.17, 15) is 0 Å². The van der Waals surface area contributed by atoms with Gasteiger partial charge in [0, 0.05) is 12.5 Å². The highest BCUT2D eigenvalue weighted by Gasteiger charge is 2.00. The van der Waals surface area contributed by atoms with E-state index in [1.807, 2.05) is 6.08 Å². The zero-order valence-corrected chi connectivity index (χ0v) is 6.56. The van der Waals surface area contributed by atoms with Crippen LogP contribution in [0.1, 0.15) is 19.8 Å². The van der Waals surface area contributed by atoms with Crippen molar-refractivity contribution in [1.82, 2.24) is 5.32 Å². The van der Waals surface area contributed by atoms with Gasteiger partial charge in [0.05, 0.1) is 0 Å². The Hall–Kier alpha value is -0.740. The number of hydrogen-bond acceptors (Lipinski definition) is 1. The van der Waals surface area contributed by atoms with Crippen LogP contribution in [0.25, 0.3) is 0 Å². The highest BCUT2D eigenvalue weighted by atomic mass is 14.9. The van der Waals surface area contributed by atoms with E-state index in [1.165, 1.54) is 0 Å². The van der Waals surface area contributed by atoms with Crippen molar-refractivity contribution in [1.29, 1.82) is 0 Å². The highest BCUT2D eigenvalue weighted by Crippen LogP contribution is 1.96. The molecule has 10 heavy (non-hydrogen) atoms. The maximum atomic E-state index is 5.17. The van der Waals surface area contributed by atoms with E-state index >= 15 is 0 Å². The Balaban J connectivity index is 3.51. The minimum atomic E-state index is 0.424. The molecule has 0 bridgehead atoms. The summed E-state index contributed by atoms with van der Waals surface area (Å²) < 4.78 is 0. The molecule has 0 amide bonds. The normalized spacial score (nSPS) is 12.0. The van der Waals surface area contributed by atoms with Gasteiger partial charge in [-0.15, -0.1) is 18.9 Å². The van der Waals surface area contributed by atoms with Gasteiger partial charge in [-0.25, -0.2) is 0 Å². The average molecular weight is 137 g/mol. The third-order valence-electron chi connectivity index (χ3n) is 1.31. The smallest absolute Gasteiger partial charge is 0.0243 e. The van der Waals surface area contributed by atoms with Crippen molar-refractivity contribution in [3.05, 3.63) is 12.7 Å². The quantitative estimate of drug-likeness (QED) is 0.448. The molecule has 0 aliphatic heterocycles. The molecule has 0 aromatic heterocycles. The fourth-order valence-corrected chi connectivity index (χ4v) is 0.871. The first-order valence-corrected chi connectivity index (χ1v) is 3.62. The minimum Gasteiger partial charge on any atom is -0.313 e. The molecule has 0 aromatic carbocycles. The predicted molar refractivity (Wildman–Crippen MR) is 45.7 cm³/mol. The Bertz CT molecular complexity index is 121. The van der Waals surface area contributed by atoms with Crippen LogP contribution in [0.2, 0.25) is 0 Å². The van der Waals surface area contributed by atoms with Gasteiger partial charge >= 0.3 is 0 Å². The maximum Gasteiger partial charge on any atom is 0.0243 e. The molecule has 0 radical (unpaired) electrons. The van der Waals surface area contributed by atoms with Crippen LogP contribution in [-0.4, -0.2) is 12.6 Å². The summed E-state index contributed by atoms with van der Waals surface area (Å²) in [7, 11) is 0. The Morgan fingerprint density at radius 2 is 2.50 bits per heavy atom. The lowest BCUT2D eigenvalue weighted by atomic mass is 10.1. The molecular formula is C9H15N. The van der Waals surface area contributed by atoms with Gasteiger partial charge in [-0.05, 0) is 13.0 Å². The fraction of sp³-hybridized carbons (Fsp3) is 0.556. The standard InChI is InChI=1S/C9H15N/c1-4-7-9(8-5-2)10-6-3/h1,5,9-10H,2,6-8H2,3H3. The molecule has 0 saturated carbocycles. The van der Waals surface area contributed by atoms with Crippen molar-refractivity contribution in [2.75, 3.05) is 6.54 Å². The Labute approximate surface area is 63.5 Å². The monoisotopic (exact) mass is 137 g/mol. The summed E-state index contributed by atoms with van der Waals surface area (Å²) in [6.07, 6.45) is 8.81. The third-order valence-corrected chi connectivity index (χ3v) is 1.31. The zero-order valence-electron chi connectivity index (χ0n) is 6.56. The second-order valence-corrected chi connectivity index (χ2v) is 2.19. The van der Waals surface area contributed by atoms with Crippen LogP contribution in [0.3, 0.4) is 0 Å². The first-order chi connectivity index (χ1) is 4.85. The molecule has 1 atom stereocenters. The van der Waals surface area contributed by atoms with E-state index < -0.39 is 0 Å². The van der Waals surface area contributed by atoms with E-state index in [1.54, 1.807) is 0 Å². The lowest BCUT2D eigenvalue weighted by Crippen LogP contribution is -2.27. The molecule has 0 aromatic rings. The number of rotatable bonds is 5. The molecule has 0 fully saturated rings. The summed E-state index contributed by atoms with van der Waals surface area (Å²) in [6.45, 7) is 6.70. The summed E-state index contributed by atoms with van der Waals surface area (Å²) in [5.74, 6) is 2.63. The van der Waals surface area contributed by atoms with Gasteiger partial charge in [0.25, 0.3) is 0 Å². The second kappa shape index (κ2) is 6.38. The predicted octanol–water partition coefficient (Wildman–Crippen LogP) is 1.56. The maximum absolute atomic E-state index is 5.17. The van der Waals surface area contributed by atoms with Crippen LogP contribution >= 0.6 is 0 Å². The molecule has 56 valence electrons. The molecule has 1 unspecified atom stereocenters. The highest BCUT2D eigenvalue weighted by molar-refractivity contribution is 4.92. The summed E-state index contributed by atoms with van der Waals surface area (Å²) in [4.78, 5) is 0. The molecular weight excluding hydrogens is 122 g/mol. The van der Waals surface area contributed by atoms with Crippen molar-refractivity contribution >= 4 is 0 Å². The van der Waals surface area contributed by atoms with Gasteiger partial charge in [-0.1, -0.05) is 13.0 Å². The van der Waals surface area contributed by atoms with E-state index in [0.29, 0.717) is 6.04 Å². The first-order valence-electron chi connectivity index (χ1n) is 3.62. The lowest BCUT2D eigenvalue weighted by Gasteiger charge is -2.11. The molecule has 0 rings (SSSR count). The van der Waals surface area contributed by atoms with Crippen molar-refractivity contribution in [3.8, 4) is 12.3 Å². The Morgan fingerprint density at radius 3 is 2.90 bits per heavy atom. The molecule has 0 heterocycles. The van der Waals surface area contributed by atoms with Crippen molar-refractivity contribution < 1.29 is 0 Å². The van der Waals surface area contributed by atoms with Crippen LogP contribution in [0.15, 0.2) is 12.7 Å². The third kappa shape index (κ3) is 4.17. The van der Waals surface area contributed by atoms with Crippen molar-refractivity contribution in [2.45, 2.75) is 25.8 Å². The number of nitrogens with one attached hydrogen (secondary N) is 1. The van der Waals surface area contributed by atoms with Gasteiger partial charge < -0.3 is 5.32 Å². The van der Waals surface area contributed by atoms with E-state index in [2.05, 4.69) is 24.7 Å². The fourth-order valence-electron chi connectivity index (χ4n) is 0.871. The molecule has 0 aliphatic carbocycles.